The fourth-order valence-corrected chi connectivity index (χ4v) is 2.35. The summed E-state index contributed by atoms with van der Waals surface area (Å²) in [4.78, 5) is 18.1. The second kappa shape index (κ2) is 11.6. The summed E-state index contributed by atoms with van der Waals surface area (Å²) in [7, 11) is 0. The molecule has 0 fully saturated rings. The molecule has 160 valence electrons. The van der Waals surface area contributed by atoms with E-state index in [9.17, 15) is 22.4 Å². The quantitative estimate of drug-likeness (QED) is 0.577. The Balaban J connectivity index is 0.00000420. The fourth-order valence-electron chi connectivity index (χ4n) is 2.35. The van der Waals surface area contributed by atoms with Gasteiger partial charge in [-0.1, -0.05) is 30.3 Å². The summed E-state index contributed by atoms with van der Waals surface area (Å²) in [5.74, 6) is -4.85. The number of nitrogens with two attached hydrogens (primary N) is 1. The molecule has 0 unspecified atom stereocenters. The molecule has 2 aromatic rings. The molecule has 0 aliphatic carbocycles. The molecule has 0 bridgehead atoms. The summed E-state index contributed by atoms with van der Waals surface area (Å²) in [6, 6.07) is 11.9. The summed E-state index contributed by atoms with van der Waals surface area (Å²) in [6.45, 7) is -0.273. The van der Waals surface area contributed by atoms with E-state index in [4.69, 9.17) is 5.73 Å². The molecule has 2 rings (SSSR count). The number of ether oxygens (including phenoxy) is 1. The number of nitrogens with zero attached hydrogens (tertiary/aromatic N) is 2. The molecular formula is C19H22ClF4N3O2. The Morgan fingerprint density at radius 1 is 1.17 bits per heavy atom. The molecule has 0 radical (unpaired) electrons. The first kappa shape index (κ1) is 24.6. The minimum absolute atomic E-state index is 0. The molecule has 1 amide bonds. The van der Waals surface area contributed by atoms with Crippen LogP contribution < -0.4 is 10.5 Å². The van der Waals surface area contributed by atoms with Gasteiger partial charge in [-0.25, -0.2) is 13.8 Å². The lowest BCUT2D eigenvalue weighted by molar-refractivity contribution is -0.148. The van der Waals surface area contributed by atoms with Gasteiger partial charge in [0.25, 0.3) is 5.91 Å². The van der Waals surface area contributed by atoms with Crippen LogP contribution in [0.25, 0.3) is 0 Å². The Morgan fingerprint density at radius 3 is 2.41 bits per heavy atom. The third-order valence-electron chi connectivity index (χ3n) is 3.85. The molecule has 0 saturated carbocycles. The molecule has 0 aliphatic heterocycles. The Morgan fingerprint density at radius 2 is 1.86 bits per heavy atom. The molecule has 2 N–H and O–H groups in total. The van der Waals surface area contributed by atoms with Crippen molar-refractivity contribution in [3.8, 4) is 5.88 Å². The highest BCUT2D eigenvalue weighted by molar-refractivity contribution is 5.94. The Kier molecular flexibility index (Phi) is 9.84. The van der Waals surface area contributed by atoms with Gasteiger partial charge >= 0.3 is 12.3 Å². The average molecular weight is 436 g/mol. The monoisotopic (exact) mass is 435 g/mol. The molecule has 1 aromatic carbocycles. The van der Waals surface area contributed by atoms with Crippen LogP contribution >= 0.6 is 12.4 Å². The summed E-state index contributed by atoms with van der Waals surface area (Å²) in [5.41, 5.74) is 6.70. The molecule has 0 spiro atoms. The van der Waals surface area contributed by atoms with Crippen molar-refractivity contribution in [3.63, 3.8) is 0 Å². The molecule has 10 heteroatoms. The van der Waals surface area contributed by atoms with Crippen LogP contribution in [0.1, 0.15) is 22.3 Å². The molecular weight excluding hydrogens is 414 g/mol. The lowest BCUT2D eigenvalue weighted by atomic mass is 10.1. The molecule has 1 heterocycles. The van der Waals surface area contributed by atoms with Crippen LogP contribution in [0.4, 0.5) is 17.6 Å². The largest absolute Gasteiger partial charge is 0.471 e. The molecule has 0 atom stereocenters. The second-order valence-corrected chi connectivity index (χ2v) is 6.09. The Bertz CT molecular complexity index is 749. The predicted molar refractivity (Wildman–Crippen MR) is 103 cm³/mol. The topological polar surface area (TPSA) is 68.5 Å². The zero-order chi connectivity index (χ0) is 20.6. The van der Waals surface area contributed by atoms with Crippen molar-refractivity contribution in [1.82, 2.24) is 9.88 Å². The van der Waals surface area contributed by atoms with Crippen LogP contribution in [0.2, 0.25) is 0 Å². The van der Waals surface area contributed by atoms with Crippen LogP contribution in [0, 0.1) is 0 Å². The number of hydrogen-bond acceptors (Lipinski definition) is 4. The summed E-state index contributed by atoms with van der Waals surface area (Å²) in [5, 5.41) is 0. The van der Waals surface area contributed by atoms with E-state index in [1.165, 1.54) is 18.3 Å². The highest BCUT2D eigenvalue weighted by atomic mass is 35.5. The standard InChI is InChI=1S/C19H21F4N3O2.ClH/c20-18(21)19(22,23)13-28-16-8-7-15(11-25-16)17(27)26(10-4-9-24)12-14-5-2-1-3-6-14;/h1-3,5-8,11,18H,4,9-10,12-13,24H2;1H. The predicted octanol–water partition coefficient (Wildman–Crippen LogP) is 3.77. The van der Waals surface area contributed by atoms with Crippen LogP contribution in [-0.2, 0) is 6.54 Å². The van der Waals surface area contributed by atoms with E-state index in [2.05, 4.69) is 9.72 Å². The number of benzene rings is 1. The van der Waals surface area contributed by atoms with Gasteiger partial charge in [-0.2, -0.15) is 8.78 Å². The van der Waals surface area contributed by atoms with Crippen molar-refractivity contribution < 1.29 is 27.1 Å². The van der Waals surface area contributed by atoms with Gasteiger partial charge in [-0.15, -0.1) is 12.4 Å². The maximum absolute atomic E-state index is 12.9. The number of pyridine rings is 1. The van der Waals surface area contributed by atoms with E-state index >= 15 is 0 Å². The van der Waals surface area contributed by atoms with Crippen molar-refractivity contribution >= 4 is 18.3 Å². The first-order chi connectivity index (χ1) is 13.3. The van der Waals surface area contributed by atoms with Crippen molar-refractivity contribution in [2.45, 2.75) is 25.3 Å². The smallest absolute Gasteiger partial charge is 0.340 e. The normalized spacial score (nSPS) is 11.1. The number of hydrogen-bond donors (Lipinski definition) is 1. The highest BCUT2D eigenvalue weighted by Crippen LogP contribution is 2.23. The molecule has 5 nitrogen and oxygen atoms in total. The lowest BCUT2D eigenvalue weighted by Crippen LogP contribution is -2.34. The van der Waals surface area contributed by atoms with Gasteiger partial charge < -0.3 is 15.4 Å². The maximum atomic E-state index is 12.9. The van der Waals surface area contributed by atoms with E-state index in [0.717, 1.165) is 5.56 Å². The minimum atomic E-state index is -4.27. The number of rotatable bonds is 10. The highest BCUT2D eigenvalue weighted by Gasteiger charge is 2.41. The number of carbonyl (C=O) groups excluding carboxylic acids is 1. The van der Waals surface area contributed by atoms with Gasteiger partial charge in [-0.05, 0) is 24.6 Å². The number of carbonyl (C=O) groups is 1. The van der Waals surface area contributed by atoms with Crippen molar-refractivity contribution in [1.29, 1.82) is 0 Å². The Labute approximate surface area is 172 Å². The van der Waals surface area contributed by atoms with Gasteiger partial charge in [0.2, 0.25) is 5.88 Å². The molecule has 0 saturated heterocycles. The lowest BCUT2D eigenvalue weighted by Gasteiger charge is -2.23. The van der Waals surface area contributed by atoms with Crippen LogP contribution in [0.5, 0.6) is 5.88 Å². The number of aromatic nitrogens is 1. The number of amides is 1. The van der Waals surface area contributed by atoms with Gasteiger partial charge in [0.05, 0.1) is 5.56 Å². The first-order valence-electron chi connectivity index (χ1n) is 8.61. The number of halogens is 5. The zero-order valence-corrected chi connectivity index (χ0v) is 16.3. The summed E-state index contributed by atoms with van der Waals surface area (Å²) >= 11 is 0. The summed E-state index contributed by atoms with van der Waals surface area (Å²) < 4.78 is 54.7. The van der Waals surface area contributed by atoms with Crippen molar-refractivity contribution in [3.05, 3.63) is 59.8 Å². The van der Waals surface area contributed by atoms with Crippen molar-refractivity contribution in [2.24, 2.45) is 5.73 Å². The van der Waals surface area contributed by atoms with Crippen LogP contribution in [0.15, 0.2) is 48.7 Å². The van der Waals surface area contributed by atoms with E-state index in [-0.39, 0.29) is 29.8 Å². The average Bonchev–Trinajstić information content (AvgIpc) is 2.70. The van der Waals surface area contributed by atoms with E-state index in [0.29, 0.717) is 26.1 Å². The summed E-state index contributed by atoms with van der Waals surface area (Å²) in [6.07, 6.45) is -2.06. The SMILES string of the molecule is Cl.NCCCN(Cc1ccccc1)C(=O)c1ccc(OCC(F)(F)C(F)F)nc1. The van der Waals surface area contributed by atoms with E-state index in [1.807, 2.05) is 30.3 Å². The molecule has 0 aliphatic rings. The van der Waals surface area contributed by atoms with Gasteiger partial charge in [0, 0.05) is 25.4 Å². The van der Waals surface area contributed by atoms with Crippen LogP contribution in [0.3, 0.4) is 0 Å². The third kappa shape index (κ3) is 7.51. The van der Waals surface area contributed by atoms with Crippen LogP contribution in [-0.4, -0.2) is 47.8 Å². The zero-order valence-electron chi connectivity index (χ0n) is 15.4. The molecule has 29 heavy (non-hydrogen) atoms. The van der Waals surface area contributed by atoms with Gasteiger partial charge in [0.15, 0.2) is 6.61 Å². The van der Waals surface area contributed by atoms with Gasteiger partial charge in [0.1, 0.15) is 0 Å². The first-order valence-corrected chi connectivity index (χ1v) is 8.61. The Hall–Kier alpha value is -2.39. The maximum Gasteiger partial charge on any atom is 0.340 e. The fraction of sp³-hybridized carbons (Fsp3) is 0.368. The van der Waals surface area contributed by atoms with Crippen molar-refractivity contribution in [2.75, 3.05) is 19.7 Å². The third-order valence-corrected chi connectivity index (χ3v) is 3.85. The minimum Gasteiger partial charge on any atom is -0.471 e. The van der Waals surface area contributed by atoms with E-state index < -0.39 is 19.0 Å². The second-order valence-electron chi connectivity index (χ2n) is 6.09. The van der Waals surface area contributed by atoms with E-state index in [1.54, 1.807) is 4.90 Å². The van der Waals surface area contributed by atoms with Gasteiger partial charge in [-0.3, -0.25) is 4.79 Å². The number of alkyl halides is 4. The molecule has 1 aromatic heterocycles.